The van der Waals surface area contributed by atoms with Crippen LogP contribution in [0.5, 0.6) is 0 Å². The second kappa shape index (κ2) is 12.5. The lowest BCUT2D eigenvalue weighted by Crippen LogP contribution is -2.25. The van der Waals surface area contributed by atoms with Crippen molar-refractivity contribution in [2.75, 3.05) is 5.75 Å². The molecule has 0 aliphatic carbocycles. The number of aromatic nitrogens is 2. The maximum atomic E-state index is 12.5. The van der Waals surface area contributed by atoms with Crippen LogP contribution in [0.25, 0.3) is 18.2 Å². The van der Waals surface area contributed by atoms with Crippen molar-refractivity contribution in [3.8, 4) is 0 Å². The Hall–Kier alpha value is -4.12. The van der Waals surface area contributed by atoms with Gasteiger partial charge in [0, 0.05) is 69.4 Å². The number of amides is 2. The number of carbonyl (C=O) groups excluding carboxylic acids is 2. The maximum absolute atomic E-state index is 12.5. The molecule has 232 valence electrons. The molecule has 2 amide bonds. The standard InChI is InChI=1S/C33H38N4O6S/c1-6-19-15(2)24(36-33(19)43)11-22-16(3)20(7-9-29(38)39)25(34-22)13-26-21(8-10-30(40)41)17(4)23(35-26)12-27-31(28-14-44-28)18(5)32(42)37-27/h8,12-13,18,28,31,34-35H,6-7,9-11,14H2,1-5H3,(H,37,42)(H,38,39)(H,40,41)/b21-8+,26-13-,27-12-/t18-,28-,31-/m1/s1. The summed E-state index contributed by atoms with van der Waals surface area (Å²) in [6.07, 6.45) is 6.58. The fraction of sp³-hybridized carbons (Fsp3) is 0.424. The Balaban J connectivity index is 1.62. The van der Waals surface area contributed by atoms with Gasteiger partial charge in [0.05, 0.1) is 12.1 Å². The predicted octanol–water partition coefficient (Wildman–Crippen LogP) is 3.15. The highest BCUT2D eigenvalue weighted by Gasteiger charge is 2.45. The van der Waals surface area contributed by atoms with Crippen LogP contribution in [0.1, 0.15) is 73.8 Å². The van der Waals surface area contributed by atoms with E-state index in [2.05, 4.69) is 20.3 Å². The molecule has 0 saturated carbocycles. The van der Waals surface area contributed by atoms with Crippen LogP contribution in [0.2, 0.25) is 0 Å². The van der Waals surface area contributed by atoms with Gasteiger partial charge in [-0.05, 0) is 73.2 Å². The number of thioether (sulfide) groups is 1. The smallest absolute Gasteiger partial charge is 0.307 e. The number of nitrogens with one attached hydrogen (secondary N) is 3. The van der Waals surface area contributed by atoms with Crippen molar-refractivity contribution >= 4 is 59.5 Å². The zero-order valence-electron chi connectivity index (χ0n) is 25.6. The lowest BCUT2D eigenvalue weighted by atomic mass is 9.92. The molecule has 0 radical (unpaired) electrons. The van der Waals surface area contributed by atoms with E-state index in [4.69, 9.17) is 0 Å². The first-order chi connectivity index (χ1) is 20.9. The average Bonchev–Trinajstić information content (AvgIpc) is 3.53. The van der Waals surface area contributed by atoms with Gasteiger partial charge in [0.25, 0.3) is 5.91 Å². The molecule has 11 heteroatoms. The third kappa shape index (κ3) is 6.24. The molecule has 0 bridgehead atoms. The second-order valence-electron chi connectivity index (χ2n) is 11.7. The van der Waals surface area contributed by atoms with Gasteiger partial charge < -0.3 is 25.5 Å². The zero-order valence-corrected chi connectivity index (χ0v) is 26.4. The third-order valence-corrected chi connectivity index (χ3v) is 9.97. The molecule has 3 aliphatic heterocycles. The Kier molecular flexibility index (Phi) is 8.88. The van der Waals surface area contributed by atoms with Gasteiger partial charge in [-0.25, -0.2) is 4.99 Å². The number of rotatable bonds is 11. The molecule has 10 nitrogen and oxygen atoms in total. The minimum Gasteiger partial charge on any atom is -0.481 e. The highest BCUT2D eigenvalue weighted by atomic mass is 32.2. The van der Waals surface area contributed by atoms with Gasteiger partial charge in [-0.2, -0.15) is 11.8 Å². The molecular formula is C33H38N4O6S. The number of H-pyrrole nitrogens is 2. The van der Waals surface area contributed by atoms with Gasteiger partial charge in [0.2, 0.25) is 5.91 Å². The van der Waals surface area contributed by atoms with Crippen molar-refractivity contribution in [1.82, 2.24) is 15.3 Å². The topological polar surface area (TPSA) is 165 Å². The second-order valence-corrected chi connectivity index (χ2v) is 13.0. The molecule has 2 aromatic heterocycles. The van der Waals surface area contributed by atoms with Crippen LogP contribution in [0.3, 0.4) is 0 Å². The van der Waals surface area contributed by atoms with E-state index < -0.39 is 11.9 Å². The predicted molar refractivity (Wildman–Crippen MR) is 171 cm³/mol. The van der Waals surface area contributed by atoms with Gasteiger partial charge >= 0.3 is 11.9 Å². The first kappa shape index (κ1) is 31.3. The Morgan fingerprint density at radius 2 is 1.77 bits per heavy atom. The lowest BCUT2D eigenvalue weighted by Gasteiger charge is -2.11. The lowest BCUT2D eigenvalue weighted by molar-refractivity contribution is -0.137. The Labute approximate surface area is 259 Å². The van der Waals surface area contributed by atoms with Crippen LogP contribution in [0, 0.1) is 25.7 Å². The number of carboxylic acid groups (broad SMARTS) is 2. The van der Waals surface area contributed by atoms with Crippen molar-refractivity contribution in [2.24, 2.45) is 16.8 Å². The van der Waals surface area contributed by atoms with E-state index >= 15 is 0 Å². The van der Waals surface area contributed by atoms with Gasteiger partial charge in [-0.1, -0.05) is 19.9 Å². The largest absolute Gasteiger partial charge is 0.481 e. The highest BCUT2D eigenvalue weighted by molar-refractivity contribution is 8.06. The summed E-state index contributed by atoms with van der Waals surface area (Å²) < 4.78 is 0. The first-order valence-electron chi connectivity index (χ1n) is 14.9. The average molecular weight is 619 g/mol. The Bertz CT molecular complexity index is 1790. The van der Waals surface area contributed by atoms with Crippen molar-refractivity contribution < 1.29 is 29.4 Å². The van der Waals surface area contributed by atoms with Crippen molar-refractivity contribution in [2.45, 2.75) is 72.0 Å². The van der Waals surface area contributed by atoms with E-state index in [0.717, 1.165) is 50.3 Å². The number of aliphatic imine (C=N–C) groups is 1. The molecule has 2 aromatic rings. The molecule has 5 heterocycles. The molecule has 0 unspecified atom stereocenters. The summed E-state index contributed by atoms with van der Waals surface area (Å²) >= 11 is 1.84. The molecule has 3 aliphatic rings. The zero-order chi connectivity index (χ0) is 31.9. The van der Waals surface area contributed by atoms with Crippen molar-refractivity contribution in [3.63, 3.8) is 0 Å². The molecular weight excluding hydrogens is 580 g/mol. The van der Waals surface area contributed by atoms with Crippen LogP contribution in [-0.2, 0) is 32.0 Å². The summed E-state index contributed by atoms with van der Waals surface area (Å²) in [5.74, 6) is -1.08. The van der Waals surface area contributed by atoms with Gasteiger partial charge in [-0.3, -0.25) is 19.2 Å². The maximum Gasteiger partial charge on any atom is 0.307 e. The first-order valence-corrected chi connectivity index (χ1v) is 15.9. The van der Waals surface area contributed by atoms with Crippen molar-refractivity contribution in [1.29, 1.82) is 0 Å². The van der Waals surface area contributed by atoms with Crippen LogP contribution in [0.15, 0.2) is 21.8 Å². The normalized spacial score (nSPS) is 23.2. The molecule has 2 saturated heterocycles. The molecule has 0 aromatic carbocycles. The number of hydrogen-bond acceptors (Lipinski definition) is 5. The van der Waals surface area contributed by atoms with Crippen LogP contribution in [-0.4, -0.2) is 60.6 Å². The third-order valence-electron chi connectivity index (χ3n) is 8.96. The molecule has 0 spiro atoms. The highest BCUT2D eigenvalue weighted by Crippen LogP contribution is 2.46. The van der Waals surface area contributed by atoms with Gasteiger partial charge in [-0.15, -0.1) is 0 Å². The number of aliphatic carboxylic acids is 2. The quantitative estimate of drug-likeness (QED) is 0.241. The summed E-state index contributed by atoms with van der Waals surface area (Å²) in [5, 5.41) is 23.8. The van der Waals surface area contributed by atoms with E-state index in [-0.39, 0.29) is 36.5 Å². The SMILES string of the molecule is CCC1=C(C)C(Cc2[nH]c(/C=c3\[nH]c(/C=C4\NC(=O)[C@H](C)[C@H]4[C@H]4CS4)c(C)\c3=C/CC(=O)O)c(CCC(=O)O)c2C)=NC1=O. The molecule has 44 heavy (non-hydrogen) atoms. The molecule has 5 N–H and O–H groups in total. The minimum absolute atomic E-state index is 0.00424. The number of aromatic amines is 2. The number of nitrogens with zero attached hydrogens (tertiary/aromatic N) is 1. The van der Waals surface area contributed by atoms with E-state index in [0.29, 0.717) is 46.8 Å². The fourth-order valence-electron chi connectivity index (χ4n) is 6.29. The number of allylic oxidation sites excluding steroid dienone is 2. The van der Waals surface area contributed by atoms with Crippen molar-refractivity contribution in [3.05, 3.63) is 61.2 Å². The molecule has 3 atom stereocenters. The summed E-state index contributed by atoms with van der Waals surface area (Å²) in [6, 6.07) is 0. The number of carbonyl (C=O) groups is 4. The van der Waals surface area contributed by atoms with Crippen LogP contribution in [0.4, 0.5) is 0 Å². The molecule has 5 rings (SSSR count). The van der Waals surface area contributed by atoms with E-state index in [1.165, 1.54) is 0 Å². The monoisotopic (exact) mass is 618 g/mol. The molecule has 2 fully saturated rings. The van der Waals surface area contributed by atoms with Gasteiger partial charge in [0.1, 0.15) is 0 Å². The van der Waals surface area contributed by atoms with Gasteiger partial charge in [0.15, 0.2) is 0 Å². The summed E-state index contributed by atoms with van der Waals surface area (Å²) in [5.41, 5.74) is 8.06. The summed E-state index contributed by atoms with van der Waals surface area (Å²) in [6.45, 7) is 9.64. The van der Waals surface area contributed by atoms with E-state index in [1.807, 2.05) is 58.5 Å². The van der Waals surface area contributed by atoms with Crippen LogP contribution < -0.4 is 15.9 Å². The van der Waals surface area contributed by atoms with Crippen LogP contribution >= 0.6 is 11.8 Å². The fourth-order valence-corrected chi connectivity index (χ4v) is 7.20. The number of carboxylic acids is 2. The summed E-state index contributed by atoms with van der Waals surface area (Å²) in [7, 11) is 0. The van der Waals surface area contributed by atoms with E-state index in [9.17, 15) is 29.4 Å². The summed E-state index contributed by atoms with van der Waals surface area (Å²) in [4.78, 5) is 59.2. The Morgan fingerprint density at radius 3 is 2.39 bits per heavy atom. The Morgan fingerprint density at radius 1 is 1.05 bits per heavy atom. The number of hydrogen-bond donors (Lipinski definition) is 5. The minimum atomic E-state index is -0.957. The van der Waals surface area contributed by atoms with E-state index in [1.54, 1.807) is 6.08 Å².